The molecule has 0 aromatic rings. The Kier molecular flexibility index (Phi) is 45.8. The summed E-state index contributed by atoms with van der Waals surface area (Å²) in [5.41, 5.74) is 0. The third kappa shape index (κ3) is 46.2. The number of carboxylic acids is 1. The van der Waals surface area contributed by atoms with Gasteiger partial charge in [-0.25, -0.2) is 4.79 Å². The van der Waals surface area contributed by atoms with Gasteiger partial charge in [0.1, 0.15) is 6.61 Å². The minimum atomic E-state index is -0.876. The number of quaternary nitrogens is 1. The third-order valence-corrected chi connectivity index (χ3v) is 12.2. The predicted octanol–water partition coefficient (Wildman–Crippen LogP) is 15.9. The van der Waals surface area contributed by atoms with E-state index in [-0.39, 0.29) is 36.2 Å². The van der Waals surface area contributed by atoms with E-state index >= 15 is 0 Å². The van der Waals surface area contributed by atoms with E-state index in [1.54, 1.807) is 0 Å². The highest BCUT2D eigenvalue weighted by Gasteiger charge is 2.31. The number of unbranched alkanes of at least 4 members (excludes halogenated alkanes) is 27. The van der Waals surface area contributed by atoms with Crippen molar-refractivity contribution in [3.05, 3.63) is 48.6 Å². The lowest BCUT2D eigenvalue weighted by atomic mass is 10.0. The van der Waals surface area contributed by atoms with Crippen molar-refractivity contribution in [3.63, 3.8) is 0 Å². The van der Waals surface area contributed by atoms with Gasteiger partial charge in [0.15, 0.2) is 12.1 Å². The van der Waals surface area contributed by atoms with Crippen LogP contribution in [0.15, 0.2) is 48.6 Å². The predicted molar refractivity (Wildman–Crippen MR) is 275 cm³/mol. The van der Waals surface area contributed by atoms with E-state index in [1.165, 1.54) is 135 Å². The molecule has 0 aromatic heterocycles. The molecule has 0 heterocycles. The minimum absolute atomic E-state index is 0.0567. The highest BCUT2D eigenvalue weighted by Crippen LogP contribution is 2.16. The van der Waals surface area contributed by atoms with Crippen molar-refractivity contribution in [2.45, 2.75) is 257 Å². The number of carbonyl (C=O) groups excluding carboxylic acids is 2. The standard InChI is InChI=1S/C57H103NO7/c1-6-8-10-12-14-16-18-20-22-24-26-28-30-31-33-35-37-39-41-43-45-47-55(59)64-52-53(51-63-50-49-54(57(61)62)58(3,4)5)65-56(60)48-46-44-42-40-38-36-34-32-29-27-25-23-21-19-17-15-13-11-9-7-2/h14,16,20,22,26,28,31,33,53-54H,6-13,15,17-19,21,23-25,27,29-30,32,34-52H2,1-5H3/p+1/b16-14+,22-20+,28-26+,33-31+. The molecule has 0 rings (SSSR count). The molecule has 0 radical (unpaired) electrons. The molecule has 2 atom stereocenters. The minimum Gasteiger partial charge on any atom is -0.477 e. The van der Waals surface area contributed by atoms with Crippen LogP contribution in [0.4, 0.5) is 0 Å². The number of carbonyl (C=O) groups is 3. The number of likely N-dealkylation sites (N-methyl/N-ethyl adjacent to an activating group) is 1. The maximum absolute atomic E-state index is 12.8. The summed E-state index contributed by atoms with van der Waals surface area (Å²) in [4.78, 5) is 37.2. The number of carboxylic acid groups (broad SMARTS) is 1. The van der Waals surface area contributed by atoms with Crippen LogP contribution in [0.25, 0.3) is 0 Å². The van der Waals surface area contributed by atoms with Gasteiger partial charge in [-0.2, -0.15) is 0 Å². The van der Waals surface area contributed by atoms with Gasteiger partial charge in [-0.1, -0.05) is 217 Å². The van der Waals surface area contributed by atoms with Crippen LogP contribution in [0.5, 0.6) is 0 Å². The van der Waals surface area contributed by atoms with Gasteiger partial charge in [0.05, 0.1) is 34.4 Å². The van der Waals surface area contributed by atoms with Crippen LogP contribution in [0.1, 0.15) is 245 Å². The van der Waals surface area contributed by atoms with Gasteiger partial charge in [0, 0.05) is 19.3 Å². The van der Waals surface area contributed by atoms with Crippen molar-refractivity contribution < 1.29 is 38.2 Å². The van der Waals surface area contributed by atoms with Crippen molar-refractivity contribution in [1.29, 1.82) is 0 Å². The first-order chi connectivity index (χ1) is 31.6. The molecule has 8 heteroatoms. The van der Waals surface area contributed by atoms with Crippen molar-refractivity contribution in [2.24, 2.45) is 0 Å². The average molecular weight is 915 g/mol. The van der Waals surface area contributed by atoms with Gasteiger partial charge >= 0.3 is 17.9 Å². The molecule has 378 valence electrons. The van der Waals surface area contributed by atoms with Crippen molar-refractivity contribution in [1.82, 2.24) is 0 Å². The van der Waals surface area contributed by atoms with E-state index in [9.17, 15) is 19.5 Å². The maximum atomic E-state index is 12.8. The number of allylic oxidation sites excluding steroid dienone is 8. The summed E-state index contributed by atoms with van der Waals surface area (Å²) in [5.74, 6) is -1.48. The van der Waals surface area contributed by atoms with E-state index in [2.05, 4.69) is 62.5 Å². The van der Waals surface area contributed by atoms with E-state index < -0.39 is 18.1 Å². The summed E-state index contributed by atoms with van der Waals surface area (Å²) in [6.07, 6.45) is 58.7. The molecule has 0 saturated carbocycles. The molecule has 0 saturated heterocycles. The van der Waals surface area contributed by atoms with Crippen LogP contribution >= 0.6 is 0 Å². The number of ether oxygens (including phenoxy) is 3. The molecule has 0 aromatic carbocycles. The van der Waals surface area contributed by atoms with Crippen molar-refractivity contribution >= 4 is 17.9 Å². The van der Waals surface area contributed by atoms with Crippen LogP contribution in [0, 0.1) is 0 Å². The number of nitrogens with zero attached hydrogens (tertiary/aromatic N) is 1. The molecule has 65 heavy (non-hydrogen) atoms. The van der Waals surface area contributed by atoms with Crippen LogP contribution < -0.4 is 0 Å². The van der Waals surface area contributed by atoms with Crippen molar-refractivity contribution in [3.8, 4) is 0 Å². The zero-order chi connectivity index (χ0) is 47.7. The summed E-state index contributed by atoms with van der Waals surface area (Å²) in [7, 11) is 5.54. The van der Waals surface area contributed by atoms with Gasteiger partial charge in [-0.15, -0.1) is 0 Å². The fraction of sp³-hybridized carbons (Fsp3) is 0.807. The van der Waals surface area contributed by atoms with Crippen molar-refractivity contribution in [2.75, 3.05) is 41.0 Å². The number of esters is 2. The smallest absolute Gasteiger partial charge is 0.362 e. The number of aliphatic carboxylic acids is 1. The Hall–Kier alpha value is -2.71. The molecule has 0 aliphatic heterocycles. The van der Waals surface area contributed by atoms with Gasteiger partial charge in [0.25, 0.3) is 0 Å². The fourth-order valence-electron chi connectivity index (χ4n) is 8.02. The highest BCUT2D eigenvalue weighted by atomic mass is 16.6. The molecule has 8 nitrogen and oxygen atoms in total. The lowest BCUT2D eigenvalue weighted by Gasteiger charge is -2.31. The molecule has 1 N–H and O–H groups in total. The topological polar surface area (TPSA) is 99.1 Å². The zero-order valence-electron chi connectivity index (χ0n) is 43.2. The molecule has 0 aliphatic rings. The second-order valence-corrected chi connectivity index (χ2v) is 19.5. The Morgan fingerprint density at radius 3 is 1.23 bits per heavy atom. The SMILES string of the molecule is CCCCC/C=C/C/C=C/C/C=C/C/C=C/CCCCCCCC(=O)OCC(COCCC(C(=O)O)[N+](C)(C)C)OC(=O)CCCCCCCCCCCCCCCCCCCCCC. The normalized spacial score (nSPS) is 13.2. The molecular weight excluding hydrogens is 811 g/mol. The monoisotopic (exact) mass is 915 g/mol. The molecule has 0 amide bonds. The zero-order valence-corrected chi connectivity index (χ0v) is 43.2. The molecule has 0 bridgehead atoms. The summed E-state index contributed by atoms with van der Waals surface area (Å²) in [6.45, 7) is 4.72. The Morgan fingerprint density at radius 2 is 0.815 bits per heavy atom. The van der Waals surface area contributed by atoms with Crippen LogP contribution in [-0.2, 0) is 28.6 Å². The van der Waals surface area contributed by atoms with E-state index in [0.29, 0.717) is 19.3 Å². The lowest BCUT2D eigenvalue weighted by Crippen LogP contribution is -2.50. The number of hydrogen-bond acceptors (Lipinski definition) is 6. The van der Waals surface area contributed by atoms with Gasteiger partial charge in [0.2, 0.25) is 0 Å². The Balaban J connectivity index is 4.24. The molecular formula is C57H104NO7+. The molecule has 0 aliphatic carbocycles. The first kappa shape index (κ1) is 62.3. The Labute approximate surface area is 401 Å². The largest absolute Gasteiger partial charge is 0.477 e. The van der Waals surface area contributed by atoms with Crippen LogP contribution in [-0.4, -0.2) is 80.6 Å². The quantitative estimate of drug-likeness (QED) is 0.0281. The van der Waals surface area contributed by atoms with Gasteiger partial charge in [-0.05, 0) is 57.8 Å². The maximum Gasteiger partial charge on any atom is 0.362 e. The second kappa shape index (κ2) is 47.8. The number of rotatable bonds is 49. The summed E-state index contributed by atoms with van der Waals surface area (Å²) in [6, 6.07) is -0.618. The Morgan fingerprint density at radius 1 is 0.462 bits per heavy atom. The third-order valence-electron chi connectivity index (χ3n) is 12.2. The molecule has 0 spiro atoms. The van der Waals surface area contributed by atoms with E-state index in [1.807, 2.05) is 21.1 Å². The summed E-state index contributed by atoms with van der Waals surface area (Å²) in [5, 5.41) is 9.66. The first-order valence-corrected chi connectivity index (χ1v) is 27.2. The molecule has 0 fully saturated rings. The highest BCUT2D eigenvalue weighted by molar-refractivity contribution is 5.72. The fourth-order valence-corrected chi connectivity index (χ4v) is 8.02. The first-order valence-electron chi connectivity index (χ1n) is 27.2. The van der Waals surface area contributed by atoms with Crippen LogP contribution in [0.3, 0.4) is 0 Å². The van der Waals surface area contributed by atoms with Gasteiger partial charge < -0.3 is 23.8 Å². The van der Waals surface area contributed by atoms with Crippen LogP contribution in [0.2, 0.25) is 0 Å². The van der Waals surface area contributed by atoms with E-state index in [0.717, 1.165) is 77.0 Å². The summed E-state index contributed by atoms with van der Waals surface area (Å²) < 4.78 is 17.4. The molecule has 2 unspecified atom stereocenters. The Bertz CT molecular complexity index is 1200. The van der Waals surface area contributed by atoms with Gasteiger partial charge in [-0.3, -0.25) is 9.59 Å². The lowest BCUT2D eigenvalue weighted by molar-refractivity contribution is -0.887. The summed E-state index contributed by atoms with van der Waals surface area (Å²) >= 11 is 0. The second-order valence-electron chi connectivity index (χ2n) is 19.5. The number of hydrogen-bond donors (Lipinski definition) is 1. The average Bonchev–Trinajstić information content (AvgIpc) is 3.27. The van der Waals surface area contributed by atoms with E-state index in [4.69, 9.17) is 14.2 Å².